The Morgan fingerprint density at radius 1 is 1.07 bits per heavy atom. The van der Waals surface area contributed by atoms with Crippen LogP contribution >= 0.6 is 0 Å². The van der Waals surface area contributed by atoms with Crippen LogP contribution in [0.5, 0.6) is 0 Å². The van der Waals surface area contributed by atoms with E-state index in [2.05, 4.69) is 11.2 Å². The molecule has 1 aliphatic heterocycles. The van der Waals surface area contributed by atoms with E-state index in [1.807, 2.05) is 70.5 Å². The van der Waals surface area contributed by atoms with Gasteiger partial charge in [0.05, 0.1) is 11.1 Å². The molecule has 0 radical (unpaired) electrons. The number of sulfonamides is 1. The Morgan fingerprint density at radius 2 is 1.75 bits per heavy atom. The SMILES string of the molecule is Cc1cc(C)c(S(=O)(=O)N2Cc3ccccc3C(c3cnn(C)c3)C2)c(C)c1. The highest BCUT2D eigenvalue weighted by Crippen LogP contribution is 2.37. The molecule has 146 valence electrons. The molecule has 6 heteroatoms. The lowest BCUT2D eigenvalue weighted by molar-refractivity contribution is 0.371. The van der Waals surface area contributed by atoms with Crippen molar-refractivity contribution < 1.29 is 8.42 Å². The van der Waals surface area contributed by atoms with E-state index in [-0.39, 0.29) is 5.92 Å². The molecule has 1 unspecified atom stereocenters. The van der Waals surface area contributed by atoms with Crippen LogP contribution in [0, 0.1) is 20.8 Å². The molecule has 28 heavy (non-hydrogen) atoms. The number of aryl methyl sites for hydroxylation is 4. The van der Waals surface area contributed by atoms with Gasteiger partial charge in [0.1, 0.15) is 0 Å². The molecule has 0 fully saturated rings. The maximum absolute atomic E-state index is 13.6. The van der Waals surface area contributed by atoms with Crippen LogP contribution in [0.2, 0.25) is 0 Å². The van der Waals surface area contributed by atoms with Gasteiger partial charge in [-0.05, 0) is 48.6 Å². The highest BCUT2D eigenvalue weighted by Gasteiger charge is 2.35. The van der Waals surface area contributed by atoms with Crippen LogP contribution in [-0.2, 0) is 23.6 Å². The summed E-state index contributed by atoms with van der Waals surface area (Å²) in [6.45, 7) is 6.55. The summed E-state index contributed by atoms with van der Waals surface area (Å²) in [5, 5.41) is 4.30. The van der Waals surface area contributed by atoms with Gasteiger partial charge in [-0.1, -0.05) is 42.0 Å². The third-order valence-corrected chi connectivity index (χ3v) is 7.61. The quantitative estimate of drug-likeness (QED) is 0.680. The standard InChI is InChI=1S/C22H25N3O2S/c1-15-9-16(2)22(17(3)10-15)28(26,27)25-13-18-7-5-6-8-20(18)21(14-25)19-11-23-24(4)12-19/h5-12,21H,13-14H2,1-4H3. The van der Waals surface area contributed by atoms with E-state index in [0.29, 0.717) is 18.0 Å². The molecule has 0 spiro atoms. The Morgan fingerprint density at radius 3 is 2.39 bits per heavy atom. The van der Waals surface area contributed by atoms with Crippen LogP contribution in [0.15, 0.2) is 53.7 Å². The van der Waals surface area contributed by atoms with E-state index in [1.54, 1.807) is 8.99 Å². The van der Waals surface area contributed by atoms with Crippen molar-refractivity contribution in [3.63, 3.8) is 0 Å². The van der Waals surface area contributed by atoms with Gasteiger partial charge in [0.25, 0.3) is 0 Å². The van der Waals surface area contributed by atoms with Crippen molar-refractivity contribution in [1.82, 2.24) is 14.1 Å². The summed E-state index contributed by atoms with van der Waals surface area (Å²) >= 11 is 0. The van der Waals surface area contributed by atoms with E-state index in [1.165, 1.54) is 5.56 Å². The number of hydrogen-bond acceptors (Lipinski definition) is 3. The fourth-order valence-corrected chi connectivity index (χ4v) is 6.21. The van der Waals surface area contributed by atoms with Gasteiger partial charge in [0, 0.05) is 32.3 Å². The summed E-state index contributed by atoms with van der Waals surface area (Å²) in [7, 11) is -1.73. The third kappa shape index (κ3) is 3.16. The second-order valence-corrected chi connectivity index (χ2v) is 9.60. The smallest absolute Gasteiger partial charge is 0.243 e. The Kier molecular flexibility index (Phi) is 4.63. The van der Waals surface area contributed by atoms with Crippen molar-refractivity contribution in [2.24, 2.45) is 7.05 Å². The van der Waals surface area contributed by atoms with E-state index in [0.717, 1.165) is 27.8 Å². The van der Waals surface area contributed by atoms with Crippen LogP contribution in [0.25, 0.3) is 0 Å². The van der Waals surface area contributed by atoms with Crippen molar-refractivity contribution in [2.75, 3.05) is 6.54 Å². The molecule has 0 bridgehead atoms. The second-order valence-electron chi connectivity index (χ2n) is 7.72. The average molecular weight is 396 g/mol. The van der Waals surface area contributed by atoms with Gasteiger partial charge in [0.15, 0.2) is 0 Å². The highest BCUT2D eigenvalue weighted by molar-refractivity contribution is 7.89. The average Bonchev–Trinajstić information content (AvgIpc) is 3.05. The molecule has 0 N–H and O–H groups in total. The highest BCUT2D eigenvalue weighted by atomic mass is 32.2. The molecule has 3 aromatic rings. The number of nitrogens with zero attached hydrogens (tertiary/aromatic N) is 3. The number of aromatic nitrogens is 2. The molecule has 2 aromatic carbocycles. The number of fused-ring (bicyclic) bond motifs is 1. The van der Waals surface area contributed by atoms with E-state index < -0.39 is 10.0 Å². The molecule has 0 saturated carbocycles. The van der Waals surface area contributed by atoms with Gasteiger partial charge in [-0.2, -0.15) is 9.40 Å². The number of hydrogen-bond donors (Lipinski definition) is 0. The fraction of sp³-hybridized carbons (Fsp3) is 0.318. The Balaban J connectivity index is 1.81. The van der Waals surface area contributed by atoms with E-state index in [4.69, 9.17) is 0 Å². The van der Waals surface area contributed by atoms with E-state index >= 15 is 0 Å². The lowest BCUT2D eigenvalue weighted by Gasteiger charge is -2.34. The van der Waals surface area contributed by atoms with Gasteiger partial charge in [0.2, 0.25) is 10.0 Å². The first-order valence-electron chi connectivity index (χ1n) is 9.41. The van der Waals surface area contributed by atoms with Gasteiger partial charge >= 0.3 is 0 Å². The summed E-state index contributed by atoms with van der Waals surface area (Å²) in [6, 6.07) is 12.0. The van der Waals surface area contributed by atoms with Crippen LogP contribution in [0.4, 0.5) is 0 Å². The Bertz CT molecular complexity index is 1130. The van der Waals surface area contributed by atoms with Crippen molar-refractivity contribution in [3.05, 3.63) is 82.2 Å². The van der Waals surface area contributed by atoms with Crippen molar-refractivity contribution in [3.8, 4) is 0 Å². The molecular weight excluding hydrogens is 370 g/mol. The summed E-state index contributed by atoms with van der Waals surface area (Å²) < 4.78 is 30.7. The summed E-state index contributed by atoms with van der Waals surface area (Å²) in [6.07, 6.45) is 3.81. The zero-order valence-electron chi connectivity index (χ0n) is 16.7. The predicted molar refractivity (Wildman–Crippen MR) is 110 cm³/mol. The lowest BCUT2D eigenvalue weighted by atomic mass is 9.87. The van der Waals surface area contributed by atoms with Crippen molar-refractivity contribution in [2.45, 2.75) is 38.1 Å². The monoisotopic (exact) mass is 395 g/mol. The largest absolute Gasteiger partial charge is 0.276 e. The van der Waals surface area contributed by atoms with Crippen LogP contribution < -0.4 is 0 Å². The second kappa shape index (κ2) is 6.87. The van der Waals surface area contributed by atoms with Crippen LogP contribution in [0.1, 0.15) is 39.3 Å². The van der Waals surface area contributed by atoms with Gasteiger partial charge < -0.3 is 0 Å². The summed E-state index contributed by atoms with van der Waals surface area (Å²) in [4.78, 5) is 0.433. The fourth-order valence-electron chi connectivity index (χ4n) is 4.37. The Hall–Kier alpha value is -2.44. The first-order chi connectivity index (χ1) is 13.3. The lowest BCUT2D eigenvalue weighted by Crippen LogP contribution is -2.39. The zero-order chi connectivity index (χ0) is 20.1. The minimum Gasteiger partial charge on any atom is -0.276 e. The zero-order valence-corrected chi connectivity index (χ0v) is 17.5. The molecule has 1 aromatic heterocycles. The van der Waals surface area contributed by atoms with Gasteiger partial charge in [-0.3, -0.25) is 4.68 Å². The maximum atomic E-state index is 13.6. The molecule has 0 saturated heterocycles. The normalized spacial score (nSPS) is 17.5. The Labute approximate surface area is 166 Å². The molecule has 0 aliphatic carbocycles. The minimum atomic E-state index is -3.61. The van der Waals surface area contributed by atoms with Gasteiger partial charge in [-0.25, -0.2) is 8.42 Å². The van der Waals surface area contributed by atoms with Crippen molar-refractivity contribution >= 4 is 10.0 Å². The van der Waals surface area contributed by atoms with Crippen molar-refractivity contribution in [1.29, 1.82) is 0 Å². The predicted octanol–water partition coefficient (Wildman–Crippen LogP) is 3.68. The topological polar surface area (TPSA) is 55.2 Å². The third-order valence-electron chi connectivity index (χ3n) is 5.49. The van der Waals surface area contributed by atoms with Crippen LogP contribution in [0.3, 0.4) is 0 Å². The van der Waals surface area contributed by atoms with E-state index in [9.17, 15) is 8.42 Å². The number of benzene rings is 2. The van der Waals surface area contributed by atoms with Gasteiger partial charge in [-0.15, -0.1) is 0 Å². The number of rotatable bonds is 3. The molecule has 5 nitrogen and oxygen atoms in total. The maximum Gasteiger partial charge on any atom is 0.243 e. The first-order valence-corrected chi connectivity index (χ1v) is 10.9. The molecular formula is C22H25N3O2S. The minimum absolute atomic E-state index is 0.0283. The molecule has 4 rings (SSSR count). The first kappa shape index (κ1) is 18.9. The van der Waals surface area contributed by atoms with Crippen LogP contribution in [-0.4, -0.2) is 29.0 Å². The molecule has 0 amide bonds. The summed E-state index contributed by atoms with van der Waals surface area (Å²) in [5.74, 6) is -0.0283. The molecule has 2 heterocycles. The molecule has 1 aliphatic rings. The summed E-state index contributed by atoms with van der Waals surface area (Å²) in [5.41, 5.74) is 5.94. The molecule has 1 atom stereocenters.